The molecule has 0 saturated carbocycles. The van der Waals surface area contributed by atoms with Gasteiger partial charge in [0.15, 0.2) is 0 Å². The third-order valence-electron chi connectivity index (χ3n) is 3.10. The smallest absolute Gasteiger partial charge is 0.335 e. The number of benzene rings is 1. The molecule has 1 aliphatic heterocycles. The molecule has 0 bridgehead atoms. The highest BCUT2D eigenvalue weighted by Gasteiger charge is 2.18. The Labute approximate surface area is 111 Å². The van der Waals surface area contributed by atoms with Crippen molar-refractivity contribution in [2.24, 2.45) is 0 Å². The van der Waals surface area contributed by atoms with Gasteiger partial charge in [0.1, 0.15) is 0 Å². The van der Waals surface area contributed by atoms with Gasteiger partial charge in [-0.1, -0.05) is 12.1 Å². The van der Waals surface area contributed by atoms with Gasteiger partial charge in [0.25, 0.3) is 0 Å². The van der Waals surface area contributed by atoms with E-state index in [0.717, 1.165) is 25.0 Å². The Morgan fingerprint density at radius 1 is 1.42 bits per heavy atom. The van der Waals surface area contributed by atoms with Gasteiger partial charge in [-0.05, 0) is 30.5 Å². The van der Waals surface area contributed by atoms with Crippen LogP contribution < -0.4 is 5.32 Å². The first-order valence-corrected chi connectivity index (χ1v) is 6.35. The number of aromatic carboxylic acids is 1. The first-order chi connectivity index (χ1) is 9.15. The topological polar surface area (TPSA) is 75.6 Å². The summed E-state index contributed by atoms with van der Waals surface area (Å²) in [6.07, 6.45) is 2.35. The second-order valence-corrected chi connectivity index (χ2v) is 4.62. The fourth-order valence-electron chi connectivity index (χ4n) is 2.10. The van der Waals surface area contributed by atoms with E-state index in [2.05, 4.69) is 5.32 Å². The molecule has 2 N–H and O–H groups in total. The summed E-state index contributed by atoms with van der Waals surface area (Å²) in [4.78, 5) is 22.5. The van der Waals surface area contributed by atoms with Gasteiger partial charge in [0.05, 0.1) is 18.1 Å². The van der Waals surface area contributed by atoms with Crippen LogP contribution in [0.15, 0.2) is 24.3 Å². The van der Waals surface area contributed by atoms with E-state index >= 15 is 0 Å². The molecule has 1 aliphatic rings. The normalized spacial score (nSPS) is 18.2. The molecule has 1 saturated heterocycles. The van der Waals surface area contributed by atoms with Gasteiger partial charge >= 0.3 is 5.97 Å². The average Bonchev–Trinajstić information content (AvgIpc) is 2.89. The maximum absolute atomic E-state index is 11.7. The molecule has 0 spiro atoms. The minimum absolute atomic E-state index is 0.0327. The number of carboxylic acids is 1. The van der Waals surface area contributed by atoms with Crippen molar-refractivity contribution in [2.75, 3.05) is 6.61 Å². The van der Waals surface area contributed by atoms with E-state index in [1.54, 1.807) is 18.2 Å². The highest BCUT2D eigenvalue weighted by Crippen LogP contribution is 2.15. The third-order valence-corrected chi connectivity index (χ3v) is 3.10. The number of hydrogen-bond donors (Lipinski definition) is 2. The van der Waals surface area contributed by atoms with Crippen LogP contribution in [0.5, 0.6) is 0 Å². The number of carbonyl (C=O) groups is 2. The fourth-order valence-corrected chi connectivity index (χ4v) is 2.10. The largest absolute Gasteiger partial charge is 0.478 e. The number of carbonyl (C=O) groups excluding carboxylic acids is 1. The van der Waals surface area contributed by atoms with Crippen LogP contribution in [0, 0.1) is 0 Å². The monoisotopic (exact) mass is 263 g/mol. The van der Waals surface area contributed by atoms with Crippen molar-refractivity contribution in [1.29, 1.82) is 0 Å². The van der Waals surface area contributed by atoms with E-state index in [1.807, 2.05) is 0 Å². The SMILES string of the molecule is O=C(CC1CCCO1)NCc1cccc(C(=O)O)c1. The quantitative estimate of drug-likeness (QED) is 0.845. The summed E-state index contributed by atoms with van der Waals surface area (Å²) in [7, 11) is 0. The van der Waals surface area contributed by atoms with Gasteiger partial charge in [0.2, 0.25) is 5.91 Å². The summed E-state index contributed by atoms with van der Waals surface area (Å²) in [5, 5.41) is 11.7. The number of nitrogens with one attached hydrogen (secondary N) is 1. The van der Waals surface area contributed by atoms with E-state index < -0.39 is 5.97 Å². The number of carboxylic acid groups (broad SMARTS) is 1. The van der Waals surface area contributed by atoms with Crippen molar-refractivity contribution in [1.82, 2.24) is 5.32 Å². The number of ether oxygens (including phenoxy) is 1. The Morgan fingerprint density at radius 3 is 2.95 bits per heavy atom. The molecule has 0 aliphatic carbocycles. The molecular weight excluding hydrogens is 246 g/mol. The number of hydrogen-bond acceptors (Lipinski definition) is 3. The molecule has 1 unspecified atom stereocenters. The predicted molar refractivity (Wildman–Crippen MR) is 68.8 cm³/mol. The van der Waals surface area contributed by atoms with Gasteiger partial charge in [-0.25, -0.2) is 4.79 Å². The van der Waals surface area contributed by atoms with E-state index in [9.17, 15) is 9.59 Å². The molecular formula is C14H17NO4. The van der Waals surface area contributed by atoms with E-state index in [4.69, 9.17) is 9.84 Å². The maximum Gasteiger partial charge on any atom is 0.335 e. The lowest BCUT2D eigenvalue weighted by Crippen LogP contribution is -2.26. The molecule has 1 fully saturated rings. The van der Waals surface area contributed by atoms with Crippen molar-refractivity contribution in [3.63, 3.8) is 0 Å². The lowest BCUT2D eigenvalue weighted by molar-refractivity contribution is -0.123. The van der Waals surface area contributed by atoms with E-state index in [0.29, 0.717) is 13.0 Å². The van der Waals surface area contributed by atoms with Gasteiger partial charge in [-0.2, -0.15) is 0 Å². The molecule has 5 nitrogen and oxygen atoms in total. The minimum atomic E-state index is -0.965. The van der Waals surface area contributed by atoms with Crippen LogP contribution in [0.1, 0.15) is 35.2 Å². The Bertz CT molecular complexity index is 466. The standard InChI is InChI=1S/C14H17NO4/c16-13(8-12-5-2-6-19-12)15-9-10-3-1-4-11(7-10)14(17)18/h1,3-4,7,12H,2,5-6,8-9H2,(H,15,16)(H,17,18). The highest BCUT2D eigenvalue weighted by molar-refractivity contribution is 5.87. The second kappa shape index (κ2) is 6.33. The summed E-state index contributed by atoms with van der Waals surface area (Å²) < 4.78 is 5.39. The Kier molecular flexibility index (Phi) is 4.52. The second-order valence-electron chi connectivity index (χ2n) is 4.62. The van der Waals surface area contributed by atoms with Crippen LogP contribution in [0.3, 0.4) is 0 Å². The van der Waals surface area contributed by atoms with Crippen LogP contribution in [0.25, 0.3) is 0 Å². The molecule has 1 atom stereocenters. The molecule has 1 amide bonds. The van der Waals surface area contributed by atoms with Crippen molar-refractivity contribution in [3.8, 4) is 0 Å². The van der Waals surface area contributed by atoms with Crippen LogP contribution in [0.2, 0.25) is 0 Å². The van der Waals surface area contributed by atoms with Crippen molar-refractivity contribution >= 4 is 11.9 Å². The van der Waals surface area contributed by atoms with Crippen molar-refractivity contribution < 1.29 is 19.4 Å². The van der Waals surface area contributed by atoms with E-state index in [1.165, 1.54) is 6.07 Å². The van der Waals surface area contributed by atoms with Crippen LogP contribution in [-0.4, -0.2) is 29.7 Å². The molecule has 102 valence electrons. The maximum atomic E-state index is 11.7. The van der Waals surface area contributed by atoms with Crippen LogP contribution >= 0.6 is 0 Å². The van der Waals surface area contributed by atoms with Gasteiger partial charge in [-0.3, -0.25) is 4.79 Å². The van der Waals surface area contributed by atoms with Crippen molar-refractivity contribution in [3.05, 3.63) is 35.4 Å². The fraction of sp³-hybridized carbons (Fsp3) is 0.429. The number of rotatable bonds is 5. The van der Waals surface area contributed by atoms with Crippen molar-refractivity contribution in [2.45, 2.75) is 31.9 Å². The zero-order valence-corrected chi connectivity index (χ0v) is 10.6. The molecule has 19 heavy (non-hydrogen) atoms. The molecule has 1 aromatic carbocycles. The van der Waals surface area contributed by atoms with E-state index in [-0.39, 0.29) is 17.6 Å². The lowest BCUT2D eigenvalue weighted by Gasteiger charge is -2.10. The zero-order chi connectivity index (χ0) is 13.7. The summed E-state index contributed by atoms with van der Waals surface area (Å²) >= 11 is 0. The third kappa shape index (κ3) is 4.06. The Morgan fingerprint density at radius 2 is 2.26 bits per heavy atom. The Balaban J connectivity index is 1.82. The lowest BCUT2D eigenvalue weighted by atomic mass is 10.1. The first-order valence-electron chi connectivity index (χ1n) is 6.35. The molecule has 2 rings (SSSR count). The molecule has 0 radical (unpaired) electrons. The molecule has 1 aromatic rings. The average molecular weight is 263 g/mol. The minimum Gasteiger partial charge on any atom is -0.478 e. The van der Waals surface area contributed by atoms with Gasteiger partial charge < -0.3 is 15.2 Å². The Hall–Kier alpha value is -1.88. The highest BCUT2D eigenvalue weighted by atomic mass is 16.5. The first kappa shape index (κ1) is 13.5. The zero-order valence-electron chi connectivity index (χ0n) is 10.6. The number of amides is 1. The summed E-state index contributed by atoms with van der Waals surface area (Å²) in [5.74, 6) is -1.03. The summed E-state index contributed by atoms with van der Waals surface area (Å²) in [6.45, 7) is 1.07. The summed E-state index contributed by atoms with van der Waals surface area (Å²) in [5.41, 5.74) is 1.01. The van der Waals surface area contributed by atoms with Gasteiger partial charge in [0, 0.05) is 13.2 Å². The van der Waals surface area contributed by atoms with Gasteiger partial charge in [-0.15, -0.1) is 0 Å². The molecule has 0 aromatic heterocycles. The predicted octanol–water partition coefficient (Wildman–Crippen LogP) is 1.57. The summed E-state index contributed by atoms with van der Waals surface area (Å²) in [6, 6.07) is 6.55. The van der Waals surface area contributed by atoms with Crippen LogP contribution in [-0.2, 0) is 16.1 Å². The molecule has 5 heteroatoms. The molecule has 1 heterocycles. The van der Waals surface area contributed by atoms with Crippen LogP contribution in [0.4, 0.5) is 0 Å².